The molecule has 4 rings (SSSR count). The van der Waals surface area contributed by atoms with Crippen LogP contribution in [0.4, 0.5) is 11.4 Å². The number of nitrogens with one attached hydrogen (secondary N) is 2. The van der Waals surface area contributed by atoms with Gasteiger partial charge in [0.2, 0.25) is 11.8 Å². The topological polar surface area (TPSA) is 67.4 Å². The van der Waals surface area contributed by atoms with E-state index in [1.54, 1.807) is 0 Å². The van der Waals surface area contributed by atoms with Gasteiger partial charge in [-0.2, -0.15) is 0 Å². The van der Waals surface area contributed by atoms with Crippen molar-refractivity contribution in [2.75, 3.05) is 10.6 Å². The predicted molar refractivity (Wildman–Crippen MR) is 125 cm³/mol. The summed E-state index contributed by atoms with van der Waals surface area (Å²) in [6, 6.07) is 24.4. The van der Waals surface area contributed by atoms with Gasteiger partial charge in [0, 0.05) is 22.2 Å². The van der Waals surface area contributed by atoms with Crippen LogP contribution in [0.3, 0.4) is 0 Å². The van der Waals surface area contributed by atoms with Crippen molar-refractivity contribution >= 4 is 35.0 Å². The second kappa shape index (κ2) is 9.71. The Hall–Kier alpha value is -3.25. The van der Waals surface area contributed by atoms with Crippen LogP contribution in [0, 0.1) is 5.92 Å². The Morgan fingerprint density at radius 2 is 1.58 bits per heavy atom. The highest BCUT2D eigenvalue weighted by Gasteiger charge is 2.29. The fourth-order valence-corrected chi connectivity index (χ4v) is 3.90. The molecule has 2 N–H and O–H groups in total. The van der Waals surface area contributed by atoms with Gasteiger partial charge in [-0.15, -0.1) is 11.8 Å². The van der Waals surface area contributed by atoms with E-state index >= 15 is 0 Å². The Labute approximate surface area is 186 Å². The van der Waals surface area contributed by atoms with Crippen LogP contribution in [0.1, 0.15) is 19.8 Å². The Balaban J connectivity index is 1.30. The smallest absolute Gasteiger partial charge is 0.237 e. The molecule has 3 aromatic rings. The monoisotopic (exact) mass is 432 g/mol. The zero-order chi connectivity index (χ0) is 21.6. The molecule has 1 saturated carbocycles. The highest BCUT2D eigenvalue weighted by atomic mass is 32.2. The molecule has 1 fully saturated rings. The number of hydrogen-bond donors (Lipinski definition) is 2. The van der Waals surface area contributed by atoms with Crippen molar-refractivity contribution in [3.63, 3.8) is 0 Å². The van der Waals surface area contributed by atoms with Crippen molar-refractivity contribution in [2.45, 2.75) is 29.9 Å². The number of ether oxygens (including phenoxy) is 1. The molecule has 1 unspecified atom stereocenters. The molecule has 31 heavy (non-hydrogen) atoms. The van der Waals surface area contributed by atoms with Gasteiger partial charge in [-0.3, -0.25) is 9.59 Å². The molecule has 0 aliphatic heterocycles. The van der Waals surface area contributed by atoms with Crippen LogP contribution in [0.5, 0.6) is 11.5 Å². The summed E-state index contributed by atoms with van der Waals surface area (Å²) in [5.41, 5.74) is 1.48. The molecule has 0 spiro atoms. The summed E-state index contributed by atoms with van der Waals surface area (Å²) in [6.07, 6.45) is 1.94. The van der Waals surface area contributed by atoms with E-state index in [2.05, 4.69) is 10.6 Å². The lowest BCUT2D eigenvalue weighted by Crippen LogP contribution is -2.22. The van der Waals surface area contributed by atoms with Crippen LogP contribution in [-0.2, 0) is 9.59 Å². The fraction of sp³-hybridized carbons (Fsp3) is 0.200. The SMILES string of the molecule is CC(Sc1cccc(NC(=O)C2CC2)c1)C(=O)Nc1ccc(Oc2ccccc2)cc1. The minimum absolute atomic E-state index is 0.0765. The second-order valence-electron chi connectivity index (χ2n) is 7.48. The molecule has 5 nitrogen and oxygen atoms in total. The molecular weight excluding hydrogens is 408 g/mol. The van der Waals surface area contributed by atoms with E-state index in [0.717, 1.165) is 29.2 Å². The molecule has 0 heterocycles. The minimum Gasteiger partial charge on any atom is -0.457 e. The van der Waals surface area contributed by atoms with Gasteiger partial charge in [0.05, 0.1) is 5.25 Å². The van der Waals surface area contributed by atoms with E-state index in [-0.39, 0.29) is 23.0 Å². The van der Waals surface area contributed by atoms with E-state index < -0.39 is 0 Å². The molecule has 1 atom stereocenters. The van der Waals surface area contributed by atoms with Crippen molar-refractivity contribution < 1.29 is 14.3 Å². The van der Waals surface area contributed by atoms with E-state index in [9.17, 15) is 9.59 Å². The molecule has 1 aliphatic rings. The van der Waals surface area contributed by atoms with Gasteiger partial charge in [-0.25, -0.2) is 0 Å². The van der Waals surface area contributed by atoms with E-state index in [0.29, 0.717) is 11.4 Å². The highest BCUT2D eigenvalue weighted by Crippen LogP contribution is 2.31. The number of hydrogen-bond acceptors (Lipinski definition) is 4. The zero-order valence-corrected chi connectivity index (χ0v) is 18.0. The maximum Gasteiger partial charge on any atom is 0.237 e. The molecule has 0 bridgehead atoms. The standard InChI is InChI=1S/C25H24N2O3S/c1-17(31-23-9-5-6-20(16-23)27-25(29)18-10-11-18)24(28)26-19-12-14-22(15-13-19)30-21-7-3-2-4-8-21/h2-9,12-18H,10-11H2,1H3,(H,26,28)(H,27,29). The summed E-state index contributed by atoms with van der Waals surface area (Å²) in [7, 11) is 0. The number of anilines is 2. The zero-order valence-electron chi connectivity index (χ0n) is 17.2. The average molecular weight is 433 g/mol. The fourth-order valence-electron chi connectivity index (χ4n) is 2.97. The summed E-state index contributed by atoms with van der Waals surface area (Å²) in [6.45, 7) is 1.86. The number of amides is 2. The van der Waals surface area contributed by atoms with Gasteiger partial charge in [0.1, 0.15) is 11.5 Å². The Morgan fingerprint density at radius 3 is 2.29 bits per heavy atom. The van der Waals surface area contributed by atoms with E-state index in [1.165, 1.54) is 11.8 Å². The molecule has 0 saturated heterocycles. The summed E-state index contributed by atoms with van der Waals surface area (Å²) in [5.74, 6) is 1.61. The Morgan fingerprint density at radius 1 is 0.871 bits per heavy atom. The first-order chi connectivity index (χ1) is 15.1. The lowest BCUT2D eigenvalue weighted by atomic mass is 10.3. The minimum atomic E-state index is -0.297. The summed E-state index contributed by atoms with van der Waals surface area (Å²) in [4.78, 5) is 25.5. The van der Waals surface area contributed by atoms with Crippen LogP contribution in [0.25, 0.3) is 0 Å². The average Bonchev–Trinajstić information content (AvgIpc) is 3.62. The molecule has 158 valence electrons. The van der Waals surface area contributed by atoms with Crippen molar-refractivity contribution in [2.24, 2.45) is 5.92 Å². The second-order valence-corrected chi connectivity index (χ2v) is 8.89. The van der Waals surface area contributed by atoms with Crippen LogP contribution in [-0.4, -0.2) is 17.1 Å². The van der Waals surface area contributed by atoms with Gasteiger partial charge in [0.25, 0.3) is 0 Å². The first kappa shape index (κ1) is 21.0. The van der Waals surface area contributed by atoms with Gasteiger partial charge >= 0.3 is 0 Å². The largest absolute Gasteiger partial charge is 0.457 e. The van der Waals surface area contributed by atoms with Gasteiger partial charge in [-0.1, -0.05) is 24.3 Å². The molecule has 1 aliphatic carbocycles. The van der Waals surface area contributed by atoms with Gasteiger partial charge in [-0.05, 0) is 74.4 Å². The van der Waals surface area contributed by atoms with Crippen LogP contribution < -0.4 is 15.4 Å². The first-order valence-corrected chi connectivity index (χ1v) is 11.2. The summed E-state index contributed by atoms with van der Waals surface area (Å²) < 4.78 is 5.78. The quantitative estimate of drug-likeness (QED) is 0.432. The Bertz CT molecular complexity index is 1050. The first-order valence-electron chi connectivity index (χ1n) is 10.3. The number of rotatable bonds is 8. The van der Waals surface area contributed by atoms with Crippen LogP contribution >= 0.6 is 11.8 Å². The number of benzene rings is 3. The normalized spacial score (nSPS) is 13.8. The third-order valence-corrected chi connectivity index (χ3v) is 5.93. The molecule has 2 amide bonds. The highest BCUT2D eigenvalue weighted by molar-refractivity contribution is 8.00. The number of para-hydroxylation sites is 1. The third-order valence-electron chi connectivity index (χ3n) is 4.83. The lowest BCUT2D eigenvalue weighted by molar-refractivity contribution is -0.117. The maximum absolute atomic E-state index is 12.6. The van der Waals surface area contributed by atoms with Gasteiger partial charge in [0.15, 0.2) is 0 Å². The number of carbonyl (C=O) groups excluding carboxylic acids is 2. The van der Waals surface area contributed by atoms with Crippen molar-refractivity contribution in [1.29, 1.82) is 0 Å². The molecule has 6 heteroatoms. The van der Waals surface area contributed by atoms with Crippen LogP contribution in [0.15, 0.2) is 83.8 Å². The van der Waals surface area contributed by atoms with Crippen molar-refractivity contribution in [3.05, 3.63) is 78.9 Å². The summed E-state index contributed by atoms with van der Waals surface area (Å²) in [5, 5.41) is 5.59. The van der Waals surface area contributed by atoms with Crippen molar-refractivity contribution in [3.8, 4) is 11.5 Å². The number of carbonyl (C=O) groups is 2. The third kappa shape index (κ3) is 6.12. The van der Waals surface area contributed by atoms with Crippen LogP contribution in [0.2, 0.25) is 0 Å². The van der Waals surface area contributed by atoms with E-state index in [1.807, 2.05) is 85.8 Å². The van der Waals surface area contributed by atoms with Crippen molar-refractivity contribution in [1.82, 2.24) is 0 Å². The number of thioether (sulfide) groups is 1. The molecule has 3 aromatic carbocycles. The predicted octanol–water partition coefficient (Wildman–Crippen LogP) is 5.95. The van der Waals surface area contributed by atoms with E-state index in [4.69, 9.17) is 4.74 Å². The summed E-state index contributed by atoms with van der Waals surface area (Å²) >= 11 is 1.45. The Kier molecular flexibility index (Phi) is 6.57. The molecule has 0 radical (unpaired) electrons. The van der Waals surface area contributed by atoms with Gasteiger partial charge < -0.3 is 15.4 Å². The molecular formula is C25H24N2O3S. The maximum atomic E-state index is 12.6. The lowest BCUT2D eigenvalue weighted by Gasteiger charge is -2.13. The molecule has 0 aromatic heterocycles.